The third-order valence-corrected chi connectivity index (χ3v) is 4.54. The minimum absolute atomic E-state index is 0.0498. The molecule has 0 atom stereocenters. The second kappa shape index (κ2) is 8.57. The third kappa shape index (κ3) is 4.58. The van der Waals surface area contributed by atoms with Gasteiger partial charge in [-0.25, -0.2) is 14.4 Å². The van der Waals surface area contributed by atoms with Crippen molar-refractivity contribution < 1.29 is 14.0 Å². The van der Waals surface area contributed by atoms with Gasteiger partial charge in [0.25, 0.3) is 0 Å². The van der Waals surface area contributed by atoms with Crippen molar-refractivity contribution in [1.29, 1.82) is 0 Å². The monoisotopic (exact) mass is 371 g/mol. The second-order valence-corrected chi connectivity index (χ2v) is 6.29. The van der Waals surface area contributed by atoms with Gasteiger partial charge in [0.1, 0.15) is 5.82 Å². The summed E-state index contributed by atoms with van der Waals surface area (Å²) in [5, 5.41) is 0. The molecule has 0 radical (unpaired) electrons. The first kappa shape index (κ1) is 18.8. The van der Waals surface area contributed by atoms with Crippen LogP contribution in [0.1, 0.15) is 13.3 Å². The number of para-hydroxylation sites is 1. The molecule has 2 aromatic rings. The first-order valence-electron chi connectivity index (χ1n) is 8.88. The predicted molar refractivity (Wildman–Crippen MR) is 99.9 cm³/mol. The topological polar surface area (TPSA) is 69.6 Å². The van der Waals surface area contributed by atoms with Crippen LogP contribution in [0.4, 0.5) is 16.0 Å². The molecule has 0 unspecified atom stereocenters. The van der Waals surface area contributed by atoms with Crippen molar-refractivity contribution in [3.8, 4) is 0 Å². The van der Waals surface area contributed by atoms with Crippen molar-refractivity contribution in [2.45, 2.75) is 13.3 Å². The molecule has 1 aliphatic heterocycles. The highest BCUT2D eigenvalue weighted by Crippen LogP contribution is 2.19. The Balaban J connectivity index is 1.55. The first-order valence-corrected chi connectivity index (χ1v) is 8.88. The van der Waals surface area contributed by atoms with Crippen molar-refractivity contribution >= 4 is 23.5 Å². The highest BCUT2D eigenvalue weighted by Gasteiger charge is 2.24. The van der Waals surface area contributed by atoms with Crippen molar-refractivity contribution in [2.75, 3.05) is 42.5 Å². The van der Waals surface area contributed by atoms with E-state index in [9.17, 15) is 14.0 Å². The van der Waals surface area contributed by atoms with E-state index in [0.717, 1.165) is 0 Å². The van der Waals surface area contributed by atoms with Crippen molar-refractivity contribution in [3.05, 3.63) is 48.5 Å². The zero-order chi connectivity index (χ0) is 19.2. The summed E-state index contributed by atoms with van der Waals surface area (Å²) >= 11 is 0. The lowest BCUT2D eigenvalue weighted by molar-refractivity contribution is -0.131. The molecule has 1 aromatic carbocycles. The molecule has 0 saturated carbocycles. The number of rotatable bonds is 5. The van der Waals surface area contributed by atoms with Gasteiger partial charge in [-0.2, -0.15) is 0 Å². The van der Waals surface area contributed by atoms with Gasteiger partial charge in [-0.05, 0) is 18.2 Å². The fourth-order valence-electron chi connectivity index (χ4n) is 3.09. The van der Waals surface area contributed by atoms with Crippen molar-refractivity contribution in [2.24, 2.45) is 0 Å². The SMILES string of the molecule is CC(=O)N(CCC(=O)N1CCN(c2ncccn2)CC1)c1ccccc1F. The number of hydrogen-bond donors (Lipinski definition) is 0. The maximum Gasteiger partial charge on any atom is 0.225 e. The van der Waals surface area contributed by atoms with E-state index in [1.54, 1.807) is 41.6 Å². The van der Waals surface area contributed by atoms with Crippen molar-refractivity contribution in [1.82, 2.24) is 14.9 Å². The molecule has 8 heteroatoms. The summed E-state index contributed by atoms with van der Waals surface area (Å²) in [6, 6.07) is 7.84. The number of benzene rings is 1. The maximum atomic E-state index is 14.0. The zero-order valence-electron chi connectivity index (χ0n) is 15.2. The average Bonchev–Trinajstić information content (AvgIpc) is 2.70. The molecule has 1 saturated heterocycles. The summed E-state index contributed by atoms with van der Waals surface area (Å²) in [5.41, 5.74) is 0.198. The Bertz CT molecular complexity index is 794. The molecule has 1 aromatic heterocycles. The number of carbonyl (C=O) groups excluding carboxylic acids is 2. The van der Waals surface area contributed by atoms with Crippen LogP contribution < -0.4 is 9.80 Å². The smallest absolute Gasteiger partial charge is 0.225 e. The Morgan fingerprint density at radius 1 is 1.07 bits per heavy atom. The molecule has 7 nitrogen and oxygen atoms in total. The van der Waals surface area contributed by atoms with Crippen LogP contribution in [-0.4, -0.2) is 59.4 Å². The molecule has 0 N–H and O–H groups in total. The van der Waals surface area contributed by atoms with Crippen molar-refractivity contribution in [3.63, 3.8) is 0 Å². The molecular weight excluding hydrogens is 349 g/mol. The summed E-state index contributed by atoms with van der Waals surface area (Å²) in [5.74, 6) is -0.159. The lowest BCUT2D eigenvalue weighted by Crippen LogP contribution is -2.49. The van der Waals surface area contributed by atoms with E-state index in [1.165, 1.54) is 17.9 Å². The lowest BCUT2D eigenvalue weighted by Gasteiger charge is -2.35. The summed E-state index contributed by atoms with van der Waals surface area (Å²) < 4.78 is 14.0. The number of hydrogen-bond acceptors (Lipinski definition) is 5. The molecular formula is C19H22FN5O2. The normalized spacial score (nSPS) is 14.1. The summed E-state index contributed by atoms with van der Waals surface area (Å²) in [7, 11) is 0. The number of carbonyl (C=O) groups is 2. The van der Waals surface area contributed by atoms with E-state index < -0.39 is 5.82 Å². The Labute approximate surface area is 157 Å². The Hall–Kier alpha value is -3.03. The average molecular weight is 371 g/mol. The van der Waals surface area contributed by atoms with E-state index in [0.29, 0.717) is 32.1 Å². The summed E-state index contributed by atoms with van der Waals surface area (Å²) in [4.78, 5) is 38.0. The van der Waals surface area contributed by atoms with Crippen LogP contribution in [0.3, 0.4) is 0 Å². The summed E-state index contributed by atoms with van der Waals surface area (Å²) in [6.45, 7) is 3.96. The molecule has 1 aliphatic rings. The predicted octanol–water partition coefficient (Wildman–Crippen LogP) is 1.71. The molecule has 142 valence electrons. The van der Waals surface area contributed by atoms with Gasteiger partial charge in [-0.15, -0.1) is 0 Å². The first-order chi connectivity index (χ1) is 13.1. The molecule has 2 amide bonds. The van der Waals surface area contributed by atoms with Gasteiger partial charge >= 0.3 is 0 Å². The standard InChI is InChI=1S/C19H22FN5O2/c1-15(26)25(17-6-3-2-5-16(17)20)10-7-18(27)23-11-13-24(14-12-23)19-21-8-4-9-22-19/h2-6,8-9H,7,10-14H2,1H3. The highest BCUT2D eigenvalue weighted by molar-refractivity contribution is 5.92. The Morgan fingerprint density at radius 2 is 1.74 bits per heavy atom. The molecule has 3 rings (SSSR count). The molecule has 0 aliphatic carbocycles. The van der Waals surface area contributed by atoms with Gasteiger partial charge in [0, 0.05) is 58.5 Å². The third-order valence-electron chi connectivity index (χ3n) is 4.54. The summed E-state index contributed by atoms with van der Waals surface area (Å²) in [6.07, 6.45) is 3.54. The number of halogens is 1. The number of aromatic nitrogens is 2. The maximum absolute atomic E-state index is 14.0. The lowest BCUT2D eigenvalue weighted by atomic mass is 10.2. The van der Waals surface area contributed by atoms with Crippen LogP contribution in [0, 0.1) is 5.82 Å². The minimum Gasteiger partial charge on any atom is -0.339 e. The second-order valence-electron chi connectivity index (χ2n) is 6.29. The van der Waals surface area contributed by atoms with Crippen LogP contribution in [0.25, 0.3) is 0 Å². The van der Waals surface area contributed by atoms with Crippen LogP contribution in [0.5, 0.6) is 0 Å². The fraction of sp³-hybridized carbons (Fsp3) is 0.368. The van der Waals surface area contributed by atoms with Crippen LogP contribution >= 0.6 is 0 Å². The van der Waals surface area contributed by atoms with E-state index in [4.69, 9.17) is 0 Å². The van der Waals surface area contributed by atoms with Gasteiger partial charge in [0.2, 0.25) is 17.8 Å². The largest absolute Gasteiger partial charge is 0.339 e. The Kier molecular flexibility index (Phi) is 5.95. The van der Waals surface area contributed by atoms with Gasteiger partial charge in [0.15, 0.2) is 0 Å². The van der Waals surface area contributed by atoms with Gasteiger partial charge in [0.05, 0.1) is 5.69 Å². The Morgan fingerprint density at radius 3 is 2.37 bits per heavy atom. The zero-order valence-corrected chi connectivity index (χ0v) is 15.2. The number of nitrogens with zero attached hydrogens (tertiary/aromatic N) is 5. The highest BCUT2D eigenvalue weighted by atomic mass is 19.1. The molecule has 0 bridgehead atoms. The van der Waals surface area contributed by atoms with E-state index >= 15 is 0 Å². The molecule has 1 fully saturated rings. The molecule has 2 heterocycles. The van der Waals surface area contributed by atoms with Crippen LogP contribution in [0.15, 0.2) is 42.7 Å². The number of anilines is 2. The van der Waals surface area contributed by atoms with Gasteiger partial charge in [-0.3, -0.25) is 9.59 Å². The van der Waals surface area contributed by atoms with Crippen LogP contribution in [-0.2, 0) is 9.59 Å². The van der Waals surface area contributed by atoms with Gasteiger partial charge < -0.3 is 14.7 Å². The fourth-order valence-corrected chi connectivity index (χ4v) is 3.09. The number of piperazine rings is 1. The number of amides is 2. The van der Waals surface area contributed by atoms with Gasteiger partial charge in [-0.1, -0.05) is 12.1 Å². The van der Waals surface area contributed by atoms with E-state index in [-0.39, 0.29) is 30.5 Å². The van der Waals surface area contributed by atoms with Crippen LogP contribution in [0.2, 0.25) is 0 Å². The molecule has 27 heavy (non-hydrogen) atoms. The van der Waals surface area contributed by atoms with E-state index in [2.05, 4.69) is 9.97 Å². The quantitative estimate of drug-likeness (QED) is 0.800. The molecule has 0 spiro atoms. The minimum atomic E-state index is -0.475. The van der Waals surface area contributed by atoms with E-state index in [1.807, 2.05) is 4.90 Å².